The first kappa shape index (κ1) is 28.3. The summed E-state index contributed by atoms with van der Waals surface area (Å²) in [5.41, 5.74) is 2.79. The van der Waals surface area contributed by atoms with Gasteiger partial charge in [-0.1, -0.05) is 44.5 Å². The Balaban J connectivity index is 1.49. The number of halogens is 1. The van der Waals surface area contributed by atoms with E-state index < -0.39 is 0 Å². The van der Waals surface area contributed by atoms with E-state index in [4.69, 9.17) is 0 Å². The lowest BCUT2D eigenvalue weighted by Gasteiger charge is -2.27. The van der Waals surface area contributed by atoms with E-state index in [0.29, 0.717) is 18.2 Å². The maximum Gasteiger partial charge on any atom is 0.217 e. The molecule has 0 bridgehead atoms. The van der Waals surface area contributed by atoms with Gasteiger partial charge in [-0.25, -0.2) is 9.97 Å². The lowest BCUT2D eigenvalue weighted by Crippen LogP contribution is -2.32. The molecular weight excluding hydrogens is 493 g/mol. The second kappa shape index (κ2) is 14.4. The largest absolute Gasteiger partial charge is 0.303 e. The highest BCUT2D eigenvalue weighted by Gasteiger charge is 2.17. The molecule has 4 aromatic rings. The second-order valence-corrected chi connectivity index (χ2v) is 11.0. The Bertz CT molecular complexity index is 1260. The van der Waals surface area contributed by atoms with Gasteiger partial charge in [0.05, 0.1) is 0 Å². The van der Waals surface area contributed by atoms with Gasteiger partial charge >= 0.3 is 0 Å². The van der Waals surface area contributed by atoms with Crippen LogP contribution in [0.4, 0.5) is 4.39 Å². The molecule has 7 heteroatoms. The molecule has 0 aliphatic rings. The lowest BCUT2D eigenvalue weighted by molar-refractivity contribution is 0.205. The molecule has 4 rings (SSSR count). The average molecular weight is 534 g/mol. The van der Waals surface area contributed by atoms with Crippen molar-refractivity contribution < 1.29 is 4.39 Å². The Morgan fingerprint density at radius 3 is 2.39 bits per heavy atom. The number of fused-ring (bicyclic) bond motifs is 1. The van der Waals surface area contributed by atoms with Gasteiger partial charge in [-0.2, -0.15) is 4.39 Å². The van der Waals surface area contributed by atoms with Crippen LogP contribution in [-0.4, -0.2) is 49.9 Å². The number of pyridine rings is 2. The number of aromatic nitrogens is 3. The van der Waals surface area contributed by atoms with Crippen LogP contribution >= 0.6 is 11.9 Å². The lowest BCUT2D eigenvalue weighted by atomic mass is 10.1. The fourth-order valence-electron chi connectivity index (χ4n) is 5.07. The highest BCUT2D eigenvalue weighted by atomic mass is 32.2. The van der Waals surface area contributed by atoms with Crippen LogP contribution < -0.4 is 0 Å². The highest BCUT2D eigenvalue weighted by molar-refractivity contribution is 7.98. The molecule has 1 atom stereocenters. The topological polar surface area (TPSA) is 37.2 Å². The highest BCUT2D eigenvalue weighted by Crippen LogP contribution is 2.29. The summed E-state index contributed by atoms with van der Waals surface area (Å²) in [7, 11) is 2.25. The smallest absolute Gasteiger partial charge is 0.217 e. The number of hydrogen-bond acceptors (Lipinski definition) is 5. The summed E-state index contributed by atoms with van der Waals surface area (Å²) in [6, 6.07) is 18.8. The molecule has 0 fully saturated rings. The summed E-state index contributed by atoms with van der Waals surface area (Å²) in [6.07, 6.45) is 11.4. The summed E-state index contributed by atoms with van der Waals surface area (Å²) >= 11 is 1.66. The van der Waals surface area contributed by atoms with Gasteiger partial charge in [-0.3, -0.25) is 8.87 Å². The zero-order valence-corrected chi connectivity index (χ0v) is 23.7. The maximum atomic E-state index is 14.5. The SMILES string of the molecule is CCCC(CC)N(C)CCCCN(Cc1cccnc1F)Cc1cn(Sc2ccccc2)c2ncccc12. The van der Waals surface area contributed by atoms with E-state index in [1.165, 1.54) is 31.0 Å². The predicted octanol–water partition coefficient (Wildman–Crippen LogP) is 7.42. The monoisotopic (exact) mass is 533 g/mol. The van der Waals surface area contributed by atoms with Gasteiger partial charge in [0.15, 0.2) is 5.65 Å². The Kier molecular flexibility index (Phi) is 10.7. The number of rotatable bonds is 15. The fourth-order valence-corrected chi connectivity index (χ4v) is 5.99. The third-order valence-electron chi connectivity index (χ3n) is 7.14. The third kappa shape index (κ3) is 7.65. The Labute approximate surface area is 231 Å². The number of hydrogen-bond donors (Lipinski definition) is 0. The van der Waals surface area contributed by atoms with Crippen LogP contribution in [0, 0.1) is 5.95 Å². The van der Waals surface area contributed by atoms with Crippen LogP contribution in [0.2, 0.25) is 0 Å². The zero-order valence-electron chi connectivity index (χ0n) is 22.9. The van der Waals surface area contributed by atoms with E-state index >= 15 is 0 Å². The van der Waals surface area contributed by atoms with Crippen molar-refractivity contribution in [3.8, 4) is 0 Å². The predicted molar refractivity (Wildman–Crippen MR) is 157 cm³/mol. The molecule has 3 heterocycles. The Hall–Kier alpha value is -2.74. The third-order valence-corrected chi connectivity index (χ3v) is 8.10. The van der Waals surface area contributed by atoms with E-state index in [0.717, 1.165) is 48.4 Å². The molecule has 0 saturated heterocycles. The first-order chi connectivity index (χ1) is 18.6. The van der Waals surface area contributed by atoms with Crippen LogP contribution in [0.3, 0.4) is 0 Å². The molecule has 0 aliphatic heterocycles. The van der Waals surface area contributed by atoms with Crippen molar-refractivity contribution in [1.29, 1.82) is 0 Å². The van der Waals surface area contributed by atoms with Gasteiger partial charge in [0.25, 0.3) is 0 Å². The summed E-state index contributed by atoms with van der Waals surface area (Å²) < 4.78 is 16.7. The molecule has 38 heavy (non-hydrogen) atoms. The van der Waals surface area contributed by atoms with Crippen molar-refractivity contribution in [1.82, 2.24) is 23.7 Å². The van der Waals surface area contributed by atoms with Gasteiger partial charge in [-0.05, 0) is 93.7 Å². The molecule has 5 nitrogen and oxygen atoms in total. The summed E-state index contributed by atoms with van der Waals surface area (Å²) in [5.74, 6) is -0.383. The molecule has 0 amide bonds. The maximum absolute atomic E-state index is 14.5. The fraction of sp³-hybridized carbons (Fsp3) is 0.419. The van der Waals surface area contributed by atoms with Crippen molar-refractivity contribution in [2.24, 2.45) is 0 Å². The first-order valence-electron chi connectivity index (χ1n) is 13.8. The van der Waals surface area contributed by atoms with Crippen molar-refractivity contribution in [3.05, 3.63) is 90.3 Å². The van der Waals surface area contributed by atoms with Crippen LogP contribution in [0.1, 0.15) is 57.1 Å². The number of nitrogens with zero attached hydrogens (tertiary/aromatic N) is 5. The number of benzene rings is 1. The molecule has 0 N–H and O–H groups in total. The van der Waals surface area contributed by atoms with E-state index in [9.17, 15) is 4.39 Å². The van der Waals surface area contributed by atoms with Gasteiger partial charge < -0.3 is 4.90 Å². The average Bonchev–Trinajstić information content (AvgIpc) is 3.28. The quantitative estimate of drug-likeness (QED) is 0.117. The van der Waals surface area contributed by atoms with Crippen LogP contribution in [0.15, 0.2) is 78.1 Å². The van der Waals surface area contributed by atoms with E-state index in [2.05, 4.69) is 81.2 Å². The van der Waals surface area contributed by atoms with E-state index in [1.807, 2.05) is 30.5 Å². The van der Waals surface area contributed by atoms with Gasteiger partial charge in [-0.15, -0.1) is 0 Å². The van der Waals surface area contributed by atoms with Crippen molar-refractivity contribution in [3.63, 3.8) is 0 Å². The normalized spacial score (nSPS) is 12.6. The van der Waals surface area contributed by atoms with Crippen molar-refractivity contribution in [2.45, 2.75) is 70.0 Å². The molecule has 202 valence electrons. The van der Waals surface area contributed by atoms with Crippen molar-refractivity contribution >= 4 is 23.0 Å². The zero-order chi connectivity index (χ0) is 26.7. The van der Waals surface area contributed by atoms with E-state index in [-0.39, 0.29) is 5.95 Å². The molecule has 0 saturated carbocycles. The second-order valence-electron chi connectivity index (χ2n) is 9.96. The molecule has 1 unspecified atom stereocenters. The Morgan fingerprint density at radius 1 is 0.895 bits per heavy atom. The van der Waals surface area contributed by atoms with Gasteiger partial charge in [0.2, 0.25) is 5.95 Å². The van der Waals surface area contributed by atoms with E-state index in [1.54, 1.807) is 11.9 Å². The minimum Gasteiger partial charge on any atom is -0.303 e. The first-order valence-corrected chi connectivity index (χ1v) is 14.6. The van der Waals surface area contributed by atoms with Crippen LogP contribution in [0.5, 0.6) is 0 Å². The molecule has 3 aromatic heterocycles. The molecule has 1 aromatic carbocycles. The van der Waals surface area contributed by atoms with Crippen LogP contribution in [-0.2, 0) is 13.1 Å². The van der Waals surface area contributed by atoms with Crippen molar-refractivity contribution in [2.75, 3.05) is 20.1 Å². The minimum absolute atomic E-state index is 0.383. The summed E-state index contributed by atoms with van der Waals surface area (Å²) in [5, 5.41) is 1.14. The Morgan fingerprint density at radius 2 is 1.63 bits per heavy atom. The molecular formula is C31H40FN5S. The van der Waals surface area contributed by atoms with Crippen LogP contribution in [0.25, 0.3) is 11.0 Å². The molecule has 0 radical (unpaired) electrons. The van der Waals surface area contributed by atoms with Gasteiger partial charge in [0, 0.05) is 53.6 Å². The minimum atomic E-state index is -0.383. The summed E-state index contributed by atoms with van der Waals surface area (Å²) in [6.45, 7) is 7.78. The molecule has 0 aliphatic carbocycles. The number of unbranched alkanes of at least 4 members (excludes halogenated alkanes) is 1. The summed E-state index contributed by atoms with van der Waals surface area (Å²) in [4.78, 5) is 14.6. The molecule has 0 spiro atoms. The van der Waals surface area contributed by atoms with Gasteiger partial charge in [0.1, 0.15) is 0 Å². The standard InChI is InChI=1S/C31H40FN5S/c1-4-13-27(5-2)35(3)20-9-10-21-36(22-25-14-11-18-33-30(25)32)23-26-24-37(31-29(26)17-12-19-34-31)38-28-15-7-6-8-16-28/h6-8,11-12,14-19,24,27H,4-5,9-10,13,20-23H2,1-3H3.